The van der Waals surface area contributed by atoms with Crippen LogP contribution >= 0.6 is 31.9 Å². The first-order valence-corrected chi connectivity index (χ1v) is 5.98. The Hall–Kier alpha value is -1.41. The van der Waals surface area contributed by atoms with E-state index in [1.54, 1.807) is 6.07 Å². The number of hydrogen-bond donors (Lipinski definition) is 3. The zero-order chi connectivity index (χ0) is 12.6. The van der Waals surface area contributed by atoms with Crippen molar-refractivity contribution in [3.8, 4) is 5.75 Å². The van der Waals surface area contributed by atoms with E-state index in [9.17, 15) is 9.90 Å². The number of fused-ring (bicyclic) bond motifs is 1. The molecule has 0 bridgehead atoms. The average molecular weight is 362 g/mol. The van der Waals surface area contributed by atoms with Crippen molar-refractivity contribution in [3.63, 3.8) is 0 Å². The van der Waals surface area contributed by atoms with Crippen LogP contribution in [0, 0.1) is 0 Å². The number of H-pyrrole nitrogens is 1. The molecule has 0 aliphatic heterocycles. The summed E-state index contributed by atoms with van der Waals surface area (Å²) in [5.74, 6) is -0.00963. The fraction of sp³-hybridized carbons (Fsp3) is 0. The third-order valence-electron chi connectivity index (χ3n) is 2.03. The van der Waals surface area contributed by atoms with Crippen molar-refractivity contribution < 1.29 is 9.90 Å². The van der Waals surface area contributed by atoms with Gasteiger partial charge in [-0.15, -0.1) is 5.11 Å². The van der Waals surface area contributed by atoms with Crippen LogP contribution < -0.4 is 5.73 Å². The van der Waals surface area contributed by atoms with E-state index in [0.29, 0.717) is 10.9 Å². The minimum Gasteiger partial charge on any atom is -0.504 e. The number of nitrogens with one attached hydrogen (secondary N) is 1. The van der Waals surface area contributed by atoms with Crippen molar-refractivity contribution in [2.75, 3.05) is 0 Å². The number of nitrogens with two attached hydrogens (primary N) is 1. The van der Waals surface area contributed by atoms with Gasteiger partial charge in [0.05, 0.1) is 5.52 Å². The number of aromatic amines is 1. The van der Waals surface area contributed by atoms with E-state index in [1.807, 2.05) is 6.07 Å². The van der Waals surface area contributed by atoms with E-state index in [4.69, 9.17) is 5.73 Å². The lowest BCUT2D eigenvalue weighted by molar-refractivity contribution is 0.255. The molecule has 1 aromatic carbocycles. The average Bonchev–Trinajstić information content (AvgIpc) is 2.54. The third kappa shape index (κ3) is 2.32. The van der Waals surface area contributed by atoms with Crippen LogP contribution in [0.4, 0.5) is 10.6 Å². The summed E-state index contributed by atoms with van der Waals surface area (Å²) in [6.07, 6.45) is 0. The number of aromatic hydroxyl groups is 1. The Morgan fingerprint density at radius 3 is 2.76 bits per heavy atom. The van der Waals surface area contributed by atoms with Crippen LogP contribution in [0.15, 0.2) is 31.3 Å². The first-order chi connectivity index (χ1) is 7.99. The Morgan fingerprint density at radius 2 is 2.12 bits per heavy atom. The van der Waals surface area contributed by atoms with Crippen LogP contribution in [0.1, 0.15) is 0 Å². The summed E-state index contributed by atoms with van der Waals surface area (Å²) in [6.45, 7) is 0. The first kappa shape index (κ1) is 12.1. The van der Waals surface area contributed by atoms with Crippen LogP contribution in [-0.2, 0) is 0 Å². The smallest absolute Gasteiger partial charge is 0.357 e. The lowest BCUT2D eigenvalue weighted by Crippen LogP contribution is -2.01. The summed E-state index contributed by atoms with van der Waals surface area (Å²) >= 11 is 6.64. The second-order valence-corrected chi connectivity index (χ2v) is 4.94. The highest BCUT2D eigenvalue weighted by atomic mass is 79.9. The van der Waals surface area contributed by atoms with Crippen molar-refractivity contribution >= 4 is 54.6 Å². The number of urea groups is 1. The van der Waals surface area contributed by atoms with E-state index in [2.05, 4.69) is 47.1 Å². The van der Waals surface area contributed by atoms with Crippen molar-refractivity contribution in [1.29, 1.82) is 0 Å². The molecule has 2 amide bonds. The minimum absolute atomic E-state index is 0.0811. The van der Waals surface area contributed by atoms with Gasteiger partial charge in [0.15, 0.2) is 11.6 Å². The highest BCUT2D eigenvalue weighted by molar-refractivity contribution is 9.11. The number of carbonyl (C=O) groups excluding carboxylic acids is 1. The molecule has 8 heteroatoms. The second kappa shape index (κ2) is 4.46. The van der Waals surface area contributed by atoms with Gasteiger partial charge in [-0.25, -0.2) is 4.79 Å². The standard InChI is InChI=1S/C9H6Br2N4O2/c10-3-1-4-6(5(11)2-3)13-8(7(4)16)14-15-9(12)17/h1-2,13,16H,(H2,12,17). The number of carbonyl (C=O) groups is 1. The molecule has 2 rings (SSSR count). The molecule has 0 fully saturated rings. The van der Waals surface area contributed by atoms with Gasteiger partial charge in [-0.2, -0.15) is 0 Å². The lowest BCUT2D eigenvalue weighted by atomic mass is 10.2. The van der Waals surface area contributed by atoms with Gasteiger partial charge < -0.3 is 15.8 Å². The Balaban J connectivity index is 2.64. The van der Waals surface area contributed by atoms with Crippen molar-refractivity contribution in [3.05, 3.63) is 21.1 Å². The number of hydrogen-bond acceptors (Lipinski definition) is 3. The van der Waals surface area contributed by atoms with Gasteiger partial charge in [0.1, 0.15) is 0 Å². The van der Waals surface area contributed by atoms with Crippen LogP contribution in [-0.4, -0.2) is 16.1 Å². The summed E-state index contributed by atoms with van der Waals surface area (Å²) in [5.41, 5.74) is 5.48. The van der Waals surface area contributed by atoms with Crippen molar-refractivity contribution in [2.45, 2.75) is 0 Å². The number of aromatic nitrogens is 1. The zero-order valence-corrected chi connectivity index (χ0v) is 11.4. The molecule has 0 spiro atoms. The largest absolute Gasteiger partial charge is 0.504 e. The summed E-state index contributed by atoms with van der Waals surface area (Å²) in [6, 6.07) is 2.60. The molecule has 4 N–H and O–H groups in total. The number of rotatable bonds is 1. The van der Waals surface area contributed by atoms with Crippen LogP contribution in [0.2, 0.25) is 0 Å². The molecule has 0 aliphatic rings. The maximum Gasteiger partial charge on any atom is 0.357 e. The van der Waals surface area contributed by atoms with Crippen LogP contribution in [0.5, 0.6) is 5.75 Å². The highest BCUT2D eigenvalue weighted by Crippen LogP contribution is 2.39. The number of benzene rings is 1. The van der Waals surface area contributed by atoms with Crippen molar-refractivity contribution in [2.24, 2.45) is 16.0 Å². The number of azo groups is 1. The first-order valence-electron chi connectivity index (χ1n) is 4.40. The predicted octanol–water partition coefficient (Wildman–Crippen LogP) is 3.56. The van der Waals surface area contributed by atoms with Gasteiger partial charge in [-0.05, 0) is 28.1 Å². The molecule has 0 aliphatic carbocycles. The molecule has 0 radical (unpaired) electrons. The number of amides is 2. The van der Waals surface area contributed by atoms with Gasteiger partial charge in [0.2, 0.25) is 0 Å². The molecule has 17 heavy (non-hydrogen) atoms. The molecule has 88 valence electrons. The molecule has 0 unspecified atom stereocenters. The Morgan fingerprint density at radius 1 is 1.41 bits per heavy atom. The Bertz CT molecular complexity index is 635. The molecule has 0 saturated carbocycles. The predicted molar refractivity (Wildman–Crippen MR) is 69.5 cm³/mol. The summed E-state index contributed by atoms with van der Waals surface area (Å²) in [7, 11) is 0. The molecule has 0 saturated heterocycles. The normalized spacial score (nSPS) is 11.4. The topological polar surface area (TPSA) is 104 Å². The van der Waals surface area contributed by atoms with E-state index in [0.717, 1.165) is 8.95 Å². The zero-order valence-electron chi connectivity index (χ0n) is 8.24. The number of halogens is 2. The number of nitrogens with zero attached hydrogens (tertiary/aromatic N) is 2. The maximum absolute atomic E-state index is 10.5. The summed E-state index contributed by atoms with van der Waals surface area (Å²) < 4.78 is 1.54. The van der Waals surface area contributed by atoms with Gasteiger partial charge in [-0.1, -0.05) is 21.0 Å². The van der Waals surface area contributed by atoms with Gasteiger partial charge >= 0.3 is 6.03 Å². The minimum atomic E-state index is -0.927. The molecular weight excluding hydrogens is 356 g/mol. The van der Waals surface area contributed by atoms with Gasteiger partial charge in [-0.3, -0.25) is 0 Å². The van der Waals surface area contributed by atoms with Gasteiger partial charge in [0, 0.05) is 14.3 Å². The second-order valence-electron chi connectivity index (χ2n) is 3.17. The van der Waals surface area contributed by atoms with E-state index in [1.165, 1.54) is 0 Å². The molecule has 0 atom stereocenters. The number of primary amides is 1. The highest BCUT2D eigenvalue weighted by Gasteiger charge is 2.13. The molecular formula is C9H6Br2N4O2. The fourth-order valence-corrected chi connectivity index (χ4v) is 2.69. The van der Waals surface area contributed by atoms with Crippen molar-refractivity contribution in [1.82, 2.24) is 4.98 Å². The van der Waals surface area contributed by atoms with Crippen LogP contribution in [0.3, 0.4) is 0 Å². The van der Waals surface area contributed by atoms with Crippen LogP contribution in [0.25, 0.3) is 10.9 Å². The summed E-state index contributed by atoms with van der Waals surface area (Å²) in [4.78, 5) is 13.3. The Kier molecular flexibility index (Phi) is 3.16. The Labute approximate surface area is 112 Å². The van der Waals surface area contributed by atoms with Gasteiger partial charge in [0.25, 0.3) is 0 Å². The molecule has 2 aromatic rings. The van der Waals surface area contributed by atoms with E-state index >= 15 is 0 Å². The monoisotopic (exact) mass is 360 g/mol. The van der Waals surface area contributed by atoms with E-state index < -0.39 is 6.03 Å². The third-order valence-corrected chi connectivity index (χ3v) is 3.11. The quantitative estimate of drug-likeness (QED) is 0.676. The molecule has 1 heterocycles. The fourth-order valence-electron chi connectivity index (χ4n) is 1.36. The lowest BCUT2D eigenvalue weighted by Gasteiger charge is -1.95. The van der Waals surface area contributed by atoms with E-state index in [-0.39, 0.29) is 11.6 Å². The SMILES string of the molecule is NC(=O)N=Nc1[nH]c2c(Br)cc(Br)cc2c1O. The summed E-state index contributed by atoms with van der Waals surface area (Å²) in [5, 5.41) is 17.1. The maximum atomic E-state index is 10.5. The molecule has 6 nitrogen and oxygen atoms in total. The molecule has 1 aromatic heterocycles.